The molecule has 80 valence electrons. The van der Waals surface area contributed by atoms with Crippen molar-refractivity contribution in [3.63, 3.8) is 0 Å². The van der Waals surface area contributed by atoms with Crippen molar-refractivity contribution in [3.8, 4) is 0 Å². The molecule has 1 aliphatic rings. The second-order valence-electron chi connectivity index (χ2n) is 3.54. The molecule has 3 heteroatoms. The molecule has 0 unspecified atom stereocenters. The number of nitrogens with zero attached hydrogens (tertiary/aromatic N) is 1. The molecule has 0 radical (unpaired) electrons. The summed E-state index contributed by atoms with van der Waals surface area (Å²) in [7, 11) is 1.86. The molecule has 0 aliphatic heterocycles. The largest absolute Gasteiger partial charge is 0.473 e. The minimum absolute atomic E-state index is 0.368. The second-order valence-corrected chi connectivity index (χ2v) is 3.54. The third-order valence-electron chi connectivity index (χ3n) is 2.36. The molecule has 0 spiro atoms. The lowest BCUT2D eigenvalue weighted by atomic mass is 9.98. The first-order valence-electron chi connectivity index (χ1n) is 5.39. The van der Waals surface area contributed by atoms with Gasteiger partial charge in [-0.2, -0.15) is 0 Å². The van der Waals surface area contributed by atoms with Gasteiger partial charge in [-0.15, -0.1) is 0 Å². The van der Waals surface area contributed by atoms with Crippen molar-refractivity contribution in [3.05, 3.63) is 12.1 Å². The van der Waals surface area contributed by atoms with Crippen molar-refractivity contribution >= 4 is 6.21 Å². The first-order valence-corrected chi connectivity index (χ1v) is 5.39. The molecular formula is C11H20N2O. The summed E-state index contributed by atoms with van der Waals surface area (Å²) in [6.45, 7) is 1.90. The molecule has 1 fully saturated rings. The maximum absolute atomic E-state index is 5.77. The fraction of sp³-hybridized carbons (Fsp3) is 0.727. The molecule has 1 saturated carbocycles. The molecule has 0 aromatic heterocycles. The smallest absolute Gasteiger partial charge is 0.229 e. The average molecular weight is 196 g/mol. The SMILES string of the molecule is C/C=N\C(=C/NC)OC1CCCCC1. The van der Waals surface area contributed by atoms with Crippen molar-refractivity contribution < 1.29 is 4.74 Å². The fourth-order valence-electron chi connectivity index (χ4n) is 1.71. The van der Waals surface area contributed by atoms with E-state index in [-0.39, 0.29) is 0 Å². The predicted molar refractivity (Wildman–Crippen MR) is 59.3 cm³/mol. The number of hydrogen-bond acceptors (Lipinski definition) is 3. The molecule has 14 heavy (non-hydrogen) atoms. The highest BCUT2D eigenvalue weighted by atomic mass is 16.5. The van der Waals surface area contributed by atoms with Crippen LogP contribution in [-0.2, 0) is 4.74 Å². The fourth-order valence-corrected chi connectivity index (χ4v) is 1.71. The van der Waals surface area contributed by atoms with Gasteiger partial charge in [0.15, 0.2) is 0 Å². The van der Waals surface area contributed by atoms with Crippen molar-refractivity contribution in [2.45, 2.75) is 45.1 Å². The highest BCUT2D eigenvalue weighted by molar-refractivity contribution is 5.54. The summed E-state index contributed by atoms with van der Waals surface area (Å²) in [5, 5.41) is 2.94. The Balaban J connectivity index is 2.41. The van der Waals surface area contributed by atoms with Gasteiger partial charge >= 0.3 is 0 Å². The Bertz CT molecular complexity index is 205. The lowest BCUT2D eigenvalue weighted by Gasteiger charge is -2.22. The summed E-state index contributed by atoms with van der Waals surface area (Å²) in [6, 6.07) is 0. The first-order chi connectivity index (χ1) is 6.86. The summed E-state index contributed by atoms with van der Waals surface area (Å²) in [4.78, 5) is 4.16. The maximum atomic E-state index is 5.77. The van der Waals surface area contributed by atoms with Crippen LogP contribution in [0.2, 0.25) is 0 Å². The standard InChI is InChI=1S/C11H20N2O/c1-3-13-11(9-12-2)14-10-7-5-4-6-8-10/h3,9-10,12H,4-8H2,1-2H3/b11-9+,13-3-. The van der Waals surface area contributed by atoms with E-state index in [9.17, 15) is 0 Å². The number of ether oxygens (including phenoxy) is 1. The maximum Gasteiger partial charge on any atom is 0.229 e. The summed E-state index contributed by atoms with van der Waals surface area (Å²) < 4.78 is 5.77. The van der Waals surface area contributed by atoms with E-state index in [2.05, 4.69) is 10.3 Å². The molecule has 0 aromatic rings. The molecular weight excluding hydrogens is 176 g/mol. The zero-order valence-corrected chi connectivity index (χ0v) is 9.12. The summed E-state index contributed by atoms with van der Waals surface area (Å²) in [5.41, 5.74) is 0. The summed E-state index contributed by atoms with van der Waals surface area (Å²) in [6.07, 6.45) is 10.2. The Labute approximate surface area is 86.3 Å². The van der Waals surface area contributed by atoms with Crippen molar-refractivity contribution in [1.29, 1.82) is 0 Å². The van der Waals surface area contributed by atoms with Gasteiger partial charge in [0.05, 0.1) is 6.20 Å². The van der Waals surface area contributed by atoms with Crippen LogP contribution in [0.15, 0.2) is 17.1 Å². The van der Waals surface area contributed by atoms with Crippen LogP contribution in [0.5, 0.6) is 0 Å². The summed E-state index contributed by atoms with van der Waals surface area (Å²) >= 11 is 0. The lowest BCUT2D eigenvalue weighted by molar-refractivity contribution is 0.0806. The topological polar surface area (TPSA) is 33.6 Å². The van der Waals surface area contributed by atoms with Crippen LogP contribution in [0.1, 0.15) is 39.0 Å². The van der Waals surface area contributed by atoms with Crippen LogP contribution >= 0.6 is 0 Å². The van der Waals surface area contributed by atoms with E-state index in [0.29, 0.717) is 12.0 Å². The highest BCUT2D eigenvalue weighted by Gasteiger charge is 2.15. The van der Waals surface area contributed by atoms with Crippen LogP contribution in [0, 0.1) is 0 Å². The Morgan fingerprint density at radius 2 is 2.07 bits per heavy atom. The Kier molecular flexibility index (Phi) is 5.12. The van der Waals surface area contributed by atoms with Crippen LogP contribution in [-0.4, -0.2) is 19.4 Å². The molecule has 0 heterocycles. The van der Waals surface area contributed by atoms with Crippen molar-refractivity contribution in [2.24, 2.45) is 4.99 Å². The van der Waals surface area contributed by atoms with Gasteiger partial charge in [-0.3, -0.25) is 0 Å². The Hall–Kier alpha value is -0.990. The Morgan fingerprint density at radius 1 is 1.36 bits per heavy atom. The van der Waals surface area contributed by atoms with E-state index in [1.165, 1.54) is 32.1 Å². The van der Waals surface area contributed by atoms with E-state index in [0.717, 1.165) is 0 Å². The van der Waals surface area contributed by atoms with E-state index in [1.54, 1.807) is 12.4 Å². The molecule has 1 rings (SSSR count). The average Bonchev–Trinajstić information content (AvgIpc) is 2.20. The molecule has 0 aromatic carbocycles. The Morgan fingerprint density at radius 3 is 2.64 bits per heavy atom. The molecule has 1 N–H and O–H groups in total. The molecule has 1 aliphatic carbocycles. The highest BCUT2D eigenvalue weighted by Crippen LogP contribution is 2.22. The molecule has 0 bridgehead atoms. The van der Waals surface area contributed by atoms with Crippen LogP contribution in [0.25, 0.3) is 0 Å². The van der Waals surface area contributed by atoms with Gasteiger partial charge < -0.3 is 10.1 Å². The van der Waals surface area contributed by atoms with E-state index in [1.807, 2.05) is 14.0 Å². The van der Waals surface area contributed by atoms with Gasteiger partial charge in [0, 0.05) is 13.3 Å². The van der Waals surface area contributed by atoms with Crippen LogP contribution in [0.3, 0.4) is 0 Å². The van der Waals surface area contributed by atoms with Gasteiger partial charge in [0.2, 0.25) is 5.88 Å². The van der Waals surface area contributed by atoms with E-state index >= 15 is 0 Å². The minimum Gasteiger partial charge on any atom is -0.473 e. The normalized spacial score (nSPS) is 20.0. The van der Waals surface area contributed by atoms with Gasteiger partial charge in [-0.25, -0.2) is 4.99 Å². The zero-order chi connectivity index (χ0) is 10.2. The third kappa shape index (κ3) is 3.81. The number of rotatable bonds is 4. The van der Waals surface area contributed by atoms with Gasteiger partial charge in [0.25, 0.3) is 0 Å². The quantitative estimate of drug-likeness (QED) is 0.553. The van der Waals surface area contributed by atoms with Gasteiger partial charge in [0.1, 0.15) is 6.10 Å². The second kappa shape index (κ2) is 6.46. The molecule has 0 atom stereocenters. The van der Waals surface area contributed by atoms with Crippen molar-refractivity contribution in [2.75, 3.05) is 7.05 Å². The number of hydrogen-bond donors (Lipinski definition) is 1. The van der Waals surface area contributed by atoms with Crippen LogP contribution < -0.4 is 5.32 Å². The first kappa shape index (κ1) is 11.1. The monoisotopic (exact) mass is 196 g/mol. The van der Waals surface area contributed by atoms with E-state index < -0.39 is 0 Å². The molecule has 3 nitrogen and oxygen atoms in total. The predicted octanol–water partition coefficient (Wildman–Crippen LogP) is 2.44. The van der Waals surface area contributed by atoms with Crippen molar-refractivity contribution in [1.82, 2.24) is 5.32 Å². The number of nitrogens with one attached hydrogen (secondary N) is 1. The van der Waals surface area contributed by atoms with Gasteiger partial charge in [-0.1, -0.05) is 6.42 Å². The molecule has 0 amide bonds. The third-order valence-corrected chi connectivity index (χ3v) is 2.36. The minimum atomic E-state index is 0.368. The summed E-state index contributed by atoms with van der Waals surface area (Å²) in [5.74, 6) is 0.696. The molecule has 0 saturated heterocycles. The van der Waals surface area contributed by atoms with E-state index in [4.69, 9.17) is 4.74 Å². The van der Waals surface area contributed by atoms with Crippen LogP contribution in [0.4, 0.5) is 0 Å². The van der Waals surface area contributed by atoms with Gasteiger partial charge in [-0.05, 0) is 32.6 Å². The lowest BCUT2D eigenvalue weighted by Crippen LogP contribution is -2.16. The number of aliphatic imine (C=N–C) groups is 1. The zero-order valence-electron chi connectivity index (χ0n) is 9.12.